The second kappa shape index (κ2) is 4.60. The smallest absolute Gasteiger partial charge is 0.298 e. The summed E-state index contributed by atoms with van der Waals surface area (Å²) >= 11 is 0. The Labute approximate surface area is 101 Å². The van der Waals surface area contributed by atoms with E-state index < -0.39 is 17.4 Å². The summed E-state index contributed by atoms with van der Waals surface area (Å²) < 4.78 is 38.1. The Kier molecular flexibility index (Phi) is 3.14. The molecule has 2 aromatic rings. The van der Waals surface area contributed by atoms with E-state index >= 15 is 0 Å². The van der Waals surface area contributed by atoms with Crippen molar-refractivity contribution in [1.82, 2.24) is 4.98 Å². The third-order valence-electron chi connectivity index (χ3n) is 2.46. The van der Waals surface area contributed by atoms with Gasteiger partial charge in [0.15, 0.2) is 12.0 Å². The molecule has 0 aliphatic heterocycles. The van der Waals surface area contributed by atoms with Crippen LogP contribution < -0.4 is 0 Å². The molecule has 92 valence electrons. The van der Waals surface area contributed by atoms with Gasteiger partial charge < -0.3 is 0 Å². The zero-order valence-corrected chi connectivity index (χ0v) is 9.11. The molecule has 0 unspecified atom stereocenters. The lowest BCUT2D eigenvalue weighted by Crippen LogP contribution is -2.12. The first kappa shape index (κ1) is 12.3. The molecule has 0 fully saturated rings. The van der Waals surface area contributed by atoms with Crippen LogP contribution >= 0.6 is 0 Å². The molecular formula is C13H8F3NO. The maximum atomic E-state index is 12.7. The standard InChI is InChI=1S/C13H8F3NO/c14-13(15,16)12-11(8-18)10(6-7-17-12)9-4-2-1-3-5-9/h1-8H. The highest BCUT2D eigenvalue weighted by atomic mass is 19.4. The van der Waals surface area contributed by atoms with Crippen LogP contribution in [-0.2, 0) is 6.18 Å². The van der Waals surface area contributed by atoms with Crippen molar-refractivity contribution in [2.24, 2.45) is 0 Å². The molecule has 0 aliphatic rings. The van der Waals surface area contributed by atoms with Gasteiger partial charge in [-0.05, 0) is 17.2 Å². The topological polar surface area (TPSA) is 30.0 Å². The van der Waals surface area contributed by atoms with Gasteiger partial charge in [0.1, 0.15) is 0 Å². The molecular weight excluding hydrogens is 243 g/mol. The summed E-state index contributed by atoms with van der Waals surface area (Å²) in [5.74, 6) is 0. The van der Waals surface area contributed by atoms with E-state index in [0.29, 0.717) is 5.56 Å². The van der Waals surface area contributed by atoms with Crippen LogP contribution in [0.3, 0.4) is 0 Å². The van der Waals surface area contributed by atoms with E-state index in [0.717, 1.165) is 6.20 Å². The molecule has 0 amide bonds. The highest BCUT2D eigenvalue weighted by molar-refractivity contribution is 5.88. The molecule has 0 atom stereocenters. The van der Waals surface area contributed by atoms with Gasteiger partial charge in [0.05, 0.1) is 5.56 Å². The first-order chi connectivity index (χ1) is 8.54. The predicted molar refractivity (Wildman–Crippen MR) is 60.1 cm³/mol. The van der Waals surface area contributed by atoms with Gasteiger partial charge in [0.2, 0.25) is 0 Å². The molecule has 0 saturated carbocycles. The summed E-state index contributed by atoms with van der Waals surface area (Å²) in [5, 5.41) is 0. The molecule has 2 nitrogen and oxygen atoms in total. The highest BCUT2D eigenvalue weighted by Crippen LogP contribution is 2.33. The second-order valence-corrected chi connectivity index (χ2v) is 3.60. The number of benzene rings is 1. The number of carbonyl (C=O) groups excluding carboxylic acids is 1. The molecule has 5 heteroatoms. The first-order valence-corrected chi connectivity index (χ1v) is 5.11. The van der Waals surface area contributed by atoms with Gasteiger partial charge in [-0.25, -0.2) is 0 Å². The molecule has 2 rings (SSSR count). The van der Waals surface area contributed by atoms with Crippen LogP contribution in [0.15, 0.2) is 42.6 Å². The lowest BCUT2D eigenvalue weighted by Gasteiger charge is -2.11. The Morgan fingerprint density at radius 2 is 1.72 bits per heavy atom. The second-order valence-electron chi connectivity index (χ2n) is 3.60. The van der Waals surface area contributed by atoms with E-state index in [1.807, 2.05) is 0 Å². The fraction of sp³-hybridized carbons (Fsp3) is 0.0769. The maximum absolute atomic E-state index is 12.7. The van der Waals surface area contributed by atoms with Crippen molar-refractivity contribution in [3.63, 3.8) is 0 Å². The number of alkyl halides is 3. The average Bonchev–Trinajstić information content (AvgIpc) is 2.37. The number of hydrogen-bond acceptors (Lipinski definition) is 2. The monoisotopic (exact) mass is 251 g/mol. The van der Waals surface area contributed by atoms with Crippen LogP contribution in [0, 0.1) is 0 Å². The molecule has 0 bridgehead atoms. The molecule has 1 aromatic heterocycles. The van der Waals surface area contributed by atoms with E-state index in [9.17, 15) is 18.0 Å². The zero-order chi connectivity index (χ0) is 13.2. The molecule has 18 heavy (non-hydrogen) atoms. The van der Waals surface area contributed by atoms with Crippen molar-refractivity contribution >= 4 is 6.29 Å². The fourth-order valence-electron chi connectivity index (χ4n) is 1.69. The van der Waals surface area contributed by atoms with Crippen molar-refractivity contribution in [2.45, 2.75) is 6.18 Å². The Morgan fingerprint density at radius 1 is 1.06 bits per heavy atom. The number of carbonyl (C=O) groups is 1. The van der Waals surface area contributed by atoms with Crippen LogP contribution in [0.4, 0.5) is 13.2 Å². The third kappa shape index (κ3) is 2.25. The van der Waals surface area contributed by atoms with Crippen LogP contribution in [0.25, 0.3) is 11.1 Å². The number of halogens is 3. The van der Waals surface area contributed by atoms with Gasteiger partial charge in [0.25, 0.3) is 0 Å². The summed E-state index contributed by atoms with van der Waals surface area (Å²) in [6.07, 6.45) is -3.39. The van der Waals surface area contributed by atoms with Crippen molar-refractivity contribution < 1.29 is 18.0 Å². The summed E-state index contributed by atoms with van der Waals surface area (Å²) in [6, 6.07) is 9.81. The number of pyridine rings is 1. The minimum atomic E-state index is -4.64. The largest absolute Gasteiger partial charge is 0.434 e. The number of aldehydes is 1. The minimum Gasteiger partial charge on any atom is -0.298 e. The van der Waals surface area contributed by atoms with E-state index in [-0.39, 0.29) is 11.8 Å². The lowest BCUT2D eigenvalue weighted by molar-refractivity contribution is -0.141. The van der Waals surface area contributed by atoms with Gasteiger partial charge in [-0.1, -0.05) is 30.3 Å². The Hall–Kier alpha value is -2.17. The van der Waals surface area contributed by atoms with E-state index in [4.69, 9.17) is 0 Å². The Bertz CT molecular complexity index is 564. The normalized spacial score (nSPS) is 11.3. The van der Waals surface area contributed by atoms with Gasteiger partial charge >= 0.3 is 6.18 Å². The first-order valence-electron chi connectivity index (χ1n) is 5.11. The Morgan fingerprint density at radius 3 is 2.28 bits per heavy atom. The molecule has 0 spiro atoms. The fourth-order valence-corrected chi connectivity index (χ4v) is 1.69. The van der Waals surface area contributed by atoms with Gasteiger partial charge in [-0.15, -0.1) is 0 Å². The summed E-state index contributed by atoms with van der Waals surface area (Å²) in [6.45, 7) is 0. The van der Waals surface area contributed by atoms with Gasteiger partial charge in [-0.2, -0.15) is 13.2 Å². The summed E-state index contributed by atoms with van der Waals surface area (Å²) in [5.41, 5.74) is -0.810. The van der Waals surface area contributed by atoms with Crippen LogP contribution in [-0.4, -0.2) is 11.3 Å². The molecule has 0 N–H and O–H groups in total. The number of rotatable bonds is 2. The number of nitrogens with zero attached hydrogens (tertiary/aromatic N) is 1. The lowest BCUT2D eigenvalue weighted by atomic mass is 10.00. The molecule has 0 saturated heterocycles. The van der Waals surface area contributed by atoms with Crippen LogP contribution in [0.1, 0.15) is 16.1 Å². The zero-order valence-electron chi connectivity index (χ0n) is 9.11. The van der Waals surface area contributed by atoms with Crippen molar-refractivity contribution in [1.29, 1.82) is 0 Å². The summed E-state index contributed by atoms with van der Waals surface area (Å²) in [4.78, 5) is 14.2. The minimum absolute atomic E-state index is 0.193. The highest BCUT2D eigenvalue weighted by Gasteiger charge is 2.36. The van der Waals surface area contributed by atoms with E-state index in [2.05, 4.69) is 4.98 Å². The Balaban J connectivity index is 2.67. The van der Waals surface area contributed by atoms with Crippen molar-refractivity contribution in [3.05, 3.63) is 53.9 Å². The van der Waals surface area contributed by atoms with Crippen LogP contribution in [0.2, 0.25) is 0 Å². The van der Waals surface area contributed by atoms with E-state index in [1.165, 1.54) is 6.07 Å². The predicted octanol–water partition coefficient (Wildman–Crippen LogP) is 3.58. The van der Waals surface area contributed by atoms with Crippen molar-refractivity contribution in [2.75, 3.05) is 0 Å². The quantitative estimate of drug-likeness (QED) is 0.763. The van der Waals surface area contributed by atoms with Gasteiger partial charge in [-0.3, -0.25) is 9.78 Å². The van der Waals surface area contributed by atoms with Crippen LogP contribution in [0.5, 0.6) is 0 Å². The SMILES string of the molecule is O=Cc1c(-c2ccccc2)ccnc1C(F)(F)F. The average molecular weight is 251 g/mol. The van der Waals surface area contributed by atoms with Gasteiger partial charge in [0, 0.05) is 6.20 Å². The number of hydrogen-bond donors (Lipinski definition) is 0. The molecule has 1 aromatic carbocycles. The summed E-state index contributed by atoms with van der Waals surface area (Å²) in [7, 11) is 0. The maximum Gasteiger partial charge on any atom is 0.434 e. The molecule has 0 aliphatic carbocycles. The van der Waals surface area contributed by atoms with Crippen molar-refractivity contribution in [3.8, 4) is 11.1 Å². The van der Waals surface area contributed by atoms with E-state index in [1.54, 1.807) is 30.3 Å². The number of aromatic nitrogens is 1. The molecule has 1 heterocycles. The third-order valence-corrected chi connectivity index (χ3v) is 2.46. The molecule has 0 radical (unpaired) electrons.